The summed E-state index contributed by atoms with van der Waals surface area (Å²) in [5.74, 6) is 0.111. The summed E-state index contributed by atoms with van der Waals surface area (Å²) >= 11 is 0. The highest BCUT2D eigenvalue weighted by Gasteiger charge is 2.16. The zero-order valence-electron chi connectivity index (χ0n) is 15.7. The van der Waals surface area contributed by atoms with Crippen LogP contribution < -0.4 is 16.2 Å². The predicted octanol–water partition coefficient (Wildman–Crippen LogP) is 3.22. The van der Waals surface area contributed by atoms with Crippen LogP contribution in [0.1, 0.15) is 12.5 Å². The third-order valence-electron chi connectivity index (χ3n) is 4.92. The Labute approximate surface area is 162 Å². The molecule has 0 aliphatic carbocycles. The Morgan fingerprint density at radius 1 is 1.25 bits per heavy atom. The van der Waals surface area contributed by atoms with Gasteiger partial charge in [0, 0.05) is 30.4 Å². The standard InChI is InChI=1S/C22H21FN4O/c1-14-19(9-6-10-24-14)25-13-16-11-17(23)12-18-20(16)26-21(27(2)22(18)28)15-7-4-3-5-8-15/h3-12,14,24-25H,13H2,1-2H3. The van der Waals surface area contributed by atoms with Gasteiger partial charge in [0.1, 0.15) is 11.6 Å². The lowest BCUT2D eigenvalue weighted by Crippen LogP contribution is -2.32. The molecule has 0 saturated heterocycles. The monoisotopic (exact) mass is 376 g/mol. The van der Waals surface area contributed by atoms with E-state index in [2.05, 4.69) is 10.6 Å². The van der Waals surface area contributed by atoms with Gasteiger partial charge in [-0.3, -0.25) is 9.36 Å². The van der Waals surface area contributed by atoms with Gasteiger partial charge in [-0.05, 0) is 37.4 Å². The lowest BCUT2D eigenvalue weighted by Gasteiger charge is -2.21. The first-order chi connectivity index (χ1) is 13.5. The molecule has 5 nitrogen and oxygen atoms in total. The van der Waals surface area contributed by atoms with Gasteiger partial charge in [0.05, 0.1) is 16.9 Å². The number of nitrogens with one attached hydrogen (secondary N) is 2. The van der Waals surface area contributed by atoms with E-state index in [0.29, 0.717) is 23.4 Å². The normalized spacial score (nSPS) is 16.0. The van der Waals surface area contributed by atoms with Crippen LogP contribution in [-0.4, -0.2) is 15.6 Å². The quantitative estimate of drug-likeness (QED) is 0.734. The Hall–Kier alpha value is -3.41. The fourth-order valence-corrected chi connectivity index (χ4v) is 3.38. The second kappa shape index (κ2) is 7.31. The maximum absolute atomic E-state index is 14.2. The molecule has 2 N–H and O–H groups in total. The molecule has 2 heterocycles. The summed E-state index contributed by atoms with van der Waals surface area (Å²) in [5, 5.41) is 6.82. The highest BCUT2D eigenvalue weighted by molar-refractivity contribution is 5.83. The summed E-state index contributed by atoms with van der Waals surface area (Å²) in [7, 11) is 1.66. The summed E-state index contributed by atoms with van der Waals surface area (Å²) in [6.45, 7) is 2.40. The Kier molecular flexibility index (Phi) is 4.69. The van der Waals surface area contributed by atoms with Crippen LogP contribution in [0.4, 0.5) is 4.39 Å². The molecule has 2 aromatic carbocycles. The van der Waals surface area contributed by atoms with Gasteiger partial charge in [-0.1, -0.05) is 30.3 Å². The number of benzene rings is 2. The molecule has 28 heavy (non-hydrogen) atoms. The fourth-order valence-electron chi connectivity index (χ4n) is 3.38. The molecule has 6 heteroatoms. The summed E-state index contributed by atoms with van der Waals surface area (Å²) in [4.78, 5) is 17.6. The van der Waals surface area contributed by atoms with E-state index in [1.165, 1.54) is 16.7 Å². The van der Waals surface area contributed by atoms with Gasteiger partial charge >= 0.3 is 0 Å². The van der Waals surface area contributed by atoms with Gasteiger partial charge < -0.3 is 10.6 Å². The van der Waals surface area contributed by atoms with Crippen molar-refractivity contribution in [1.29, 1.82) is 0 Å². The Bertz CT molecular complexity index is 1150. The van der Waals surface area contributed by atoms with Crippen molar-refractivity contribution >= 4 is 10.9 Å². The lowest BCUT2D eigenvalue weighted by atomic mass is 10.1. The van der Waals surface area contributed by atoms with Crippen LogP contribution in [0.3, 0.4) is 0 Å². The molecule has 3 aromatic rings. The molecule has 142 valence electrons. The number of hydrogen-bond donors (Lipinski definition) is 2. The maximum atomic E-state index is 14.2. The third kappa shape index (κ3) is 3.29. The Balaban J connectivity index is 1.82. The van der Waals surface area contributed by atoms with Crippen LogP contribution in [0.15, 0.2) is 71.3 Å². The molecule has 0 spiro atoms. The van der Waals surface area contributed by atoms with E-state index < -0.39 is 5.82 Å². The largest absolute Gasteiger partial charge is 0.383 e. The van der Waals surface area contributed by atoms with Crippen molar-refractivity contribution in [3.63, 3.8) is 0 Å². The van der Waals surface area contributed by atoms with E-state index in [4.69, 9.17) is 4.98 Å². The maximum Gasteiger partial charge on any atom is 0.261 e. The molecule has 1 aliphatic heterocycles. The van der Waals surface area contributed by atoms with Crippen LogP contribution in [0.2, 0.25) is 0 Å². The molecule has 1 aliphatic rings. The van der Waals surface area contributed by atoms with Gasteiger partial charge in [0.25, 0.3) is 5.56 Å². The molecule has 0 saturated carbocycles. The van der Waals surface area contributed by atoms with Crippen molar-refractivity contribution in [3.8, 4) is 11.4 Å². The molecular weight excluding hydrogens is 355 g/mol. The van der Waals surface area contributed by atoms with Crippen LogP contribution in [0.25, 0.3) is 22.3 Å². The molecule has 0 amide bonds. The summed E-state index contributed by atoms with van der Waals surface area (Å²) in [6.07, 6.45) is 5.77. The van der Waals surface area contributed by atoms with Gasteiger partial charge in [-0.25, -0.2) is 9.37 Å². The van der Waals surface area contributed by atoms with E-state index in [1.807, 2.05) is 55.6 Å². The van der Waals surface area contributed by atoms with Crippen molar-refractivity contribution in [2.75, 3.05) is 0 Å². The molecular formula is C22H21FN4O. The van der Waals surface area contributed by atoms with E-state index in [9.17, 15) is 9.18 Å². The first-order valence-electron chi connectivity index (χ1n) is 9.16. The Morgan fingerprint density at radius 3 is 2.79 bits per heavy atom. The van der Waals surface area contributed by atoms with E-state index in [1.54, 1.807) is 7.05 Å². The minimum absolute atomic E-state index is 0.130. The number of fused-ring (bicyclic) bond motifs is 1. The lowest BCUT2D eigenvalue weighted by molar-refractivity contribution is 0.618. The van der Waals surface area contributed by atoms with Gasteiger partial charge in [0.2, 0.25) is 0 Å². The predicted molar refractivity (Wildman–Crippen MR) is 109 cm³/mol. The van der Waals surface area contributed by atoms with Crippen LogP contribution in [0.5, 0.6) is 0 Å². The highest BCUT2D eigenvalue weighted by atomic mass is 19.1. The number of aromatic nitrogens is 2. The third-order valence-corrected chi connectivity index (χ3v) is 4.92. The zero-order valence-corrected chi connectivity index (χ0v) is 15.7. The van der Waals surface area contributed by atoms with E-state index in [0.717, 1.165) is 11.3 Å². The SMILES string of the molecule is CC1NC=CC=C1NCc1cc(F)cc2c(=O)n(C)c(-c3ccccc3)nc12. The fraction of sp³-hybridized carbons (Fsp3) is 0.182. The highest BCUT2D eigenvalue weighted by Crippen LogP contribution is 2.22. The van der Waals surface area contributed by atoms with Crippen molar-refractivity contribution < 1.29 is 4.39 Å². The average molecular weight is 376 g/mol. The first-order valence-corrected chi connectivity index (χ1v) is 9.16. The zero-order chi connectivity index (χ0) is 19.7. The second-order valence-corrected chi connectivity index (χ2v) is 6.85. The Morgan fingerprint density at radius 2 is 2.04 bits per heavy atom. The van der Waals surface area contributed by atoms with Crippen molar-refractivity contribution in [2.24, 2.45) is 7.05 Å². The molecule has 1 unspecified atom stereocenters. The van der Waals surface area contributed by atoms with Gasteiger partial charge in [0.15, 0.2) is 0 Å². The van der Waals surface area contributed by atoms with E-state index >= 15 is 0 Å². The molecule has 4 rings (SSSR count). The molecule has 0 radical (unpaired) electrons. The topological polar surface area (TPSA) is 58.9 Å². The van der Waals surface area contributed by atoms with Crippen molar-refractivity contribution in [3.05, 3.63) is 88.2 Å². The molecule has 1 atom stereocenters. The van der Waals surface area contributed by atoms with Crippen LogP contribution >= 0.6 is 0 Å². The number of halogens is 1. The summed E-state index contributed by atoms with van der Waals surface area (Å²) < 4.78 is 15.7. The number of dihydropyridines is 1. The smallest absolute Gasteiger partial charge is 0.261 e. The van der Waals surface area contributed by atoms with Gasteiger partial charge in [-0.15, -0.1) is 0 Å². The second-order valence-electron chi connectivity index (χ2n) is 6.85. The molecule has 0 bridgehead atoms. The van der Waals surface area contributed by atoms with Gasteiger partial charge in [-0.2, -0.15) is 0 Å². The van der Waals surface area contributed by atoms with Crippen LogP contribution in [0, 0.1) is 5.82 Å². The van der Waals surface area contributed by atoms with Crippen molar-refractivity contribution in [1.82, 2.24) is 20.2 Å². The van der Waals surface area contributed by atoms with Crippen molar-refractivity contribution in [2.45, 2.75) is 19.5 Å². The van der Waals surface area contributed by atoms with Crippen LogP contribution in [-0.2, 0) is 13.6 Å². The minimum atomic E-state index is -0.445. The summed E-state index contributed by atoms with van der Waals surface area (Å²) in [6, 6.07) is 12.3. The summed E-state index contributed by atoms with van der Waals surface area (Å²) in [5.41, 5.74) is 2.73. The minimum Gasteiger partial charge on any atom is -0.383 e. The van der Waals surface area contributed by atoms with E-state index in [-0.39, 0.29) is 17.0 Å². The number of hydrogen-bond acceptors (Lipinski definition) is 4. The number of rotatable bonds is 4. The first kappa shape index (κ1) is 18.0. The average Bonchev–Trinajstić information content (AvgIpc) is 2.71. The number of nitrogens with zero attached hydrogens (tertiary/aromatic N) is 2. The number of allylic oxidation sites excluding steroid dienone is 2. The molecule has 0 fully saturated rings. The molecule has 1 aromatic heterocycles.